The second kappa shape index (κ2) is 8.64. The van der Waals surface area contributed by atoms with Crippen LogP contribution in [0.3, 0.4) is 0 Å². The highest BCUT2D eigenvalue weighted by Gasteiger charge is 2.23. The summed E-state index contributed by atoms with van der Waals surface area (Å²) in [4.78, 5) is 25.3. The van der Waals surface area contributed by atoms with E-state index >= 15 is 0 Å². The Morgan fingerprint density at radius 1 is 1.26 bits per heavy atom. The van der Waals surface area contributed by atoms with Gasteiger partial charge in [0.1, 0.15) is 0 Å². The van der Waals surface area contributed by atoms with E-state index in [-0.39, 0.29) is 17.9 Å². The average molecular weight is 319 g/mol. The number of nitrogens with zero attached hydrogens (tertiary/aromatic N) is 1. The van der Waals surface area contributed by atoms with Gasteiger partial charge < -0.3 is 20.7 Å². The van der Waals surface area contributed by atoms with Gasteiger partial charge in [-0.15, -0.1) is 0 Å². The maximum atomic E-state index is 12.5. The Morgan fingerprint density at radius 3 is 2.48 bits per heavy atom. The van der Waals surface area contributed by atoms with Crippen LogP contribution in [0.5, 0.6) is 0 Å². The summed E-state index contributed by atoms with van der Waals surface area (Å²) < 4.78 is 5.75. The van der Waals surface area contributed by atoms with E-state index in [4.69, 9.17) is 10.5 Å². The van der Waals surface area contributed by atoms with Crippen LogP contribution in [0.4, 0.5) is 5.69 Å². The Kier molecular flexibility index (Phi) is 6.55. The molecular weight excluding hydrogens is 294 g/mol. The van der Waals surface area contributed by atoms with Crippen molar-refractivity contribution < 1.29 is 14.3 Å². The minimum Gasteiger partial charge on any atom is -0.378 e. The quantitative estimate of drug-likeness (QED) is 0.780. The van der Waals surface area contributed by atoms with E-state index in [1.54, 1.807) is 24.3 Å². The van der Waals surface area contributed by atoms with Crippen molar-refractivity contribution in [3.63, 3.8) is 0 Å². The largest absolute Gasteiger partial charge is 0.378 e. The number of ether oxygens (including phenoxy) is 1. The fourth-order valence-corrected chi connectivity index (χ4v) is 2.64. The summed E-state index contributed by atoms with van der Waals surface area (Å²) in [6.07, 6.45) is 2.83. The molecule has 1 aliphatic rings. The zero-order valence-electron chi connectivity index (χ0n) is 13.6. The van der Waals surface area contributed by atoms with Crippen LogP contribution >= 0.6 is 0 Å². The lowest BCUT2D eigenvalue weighted by atomic mass is 10.1. The van der Waals surface area contributed by atoms with Gasteiger partial charge in [0.25, 0.3) is 5.91 Å². The number of amides is 2. The fraction of sp³-hybridized carbons (Fsp3) is 0.529. The van der Waals surface area contributed by atoms with Gasteiger partial charge >= 0.3 is 0 Å². The highest BCUT2D eigenvalue weighted by Crippen LogP contribution is 2.18. The van der Waals surface area contributed by atoms with Crippen LogP contribution in [0, 0.1) is 0 Å². The summed E-state index contributed by atoms with van der Waals surface area (Å²) in [5.41, 5.74) is 6.79. The number of benzene rings is 1. The Hall–Kier alpha value is -1.92. The Bertz CT molecular complexity index is 522. The summed E-state index contributed by atoms with van der Waals surface area (Å²) in [5, 5.41) is 2.69. The van der Waals surface area contributed by atoms with Crippen LogP contribution in [-0.2, 0) is 9.53 Å². The number of nitrogens with one attached hydrogen (secondary N) is 1. The van der Waals surface area contributed by atoms with Gasteiger partial charge in [-0.1, -0.05) is 0 Å². The zero-order valence-corrected chi connectivity index (χ0v) is 13.6. The van der Waals surface area contributed by atoms with E-state index in [9.17, 15) is 9.59 Å². The third-order valence-corrected chi connectivity index (χ3v) is 3.88. The van der Waals surface area contributed by atoms with Gasteiger partial charge in [-0.05, 0) is 50.1 Å². The molecule has 1 fully saturated rings. The summed E-state index contributed by atoms with van der Waals surface area (Å²) in [6, 6.07) is 6.99. The molecule has 1 aromatic rings. The van der Waals surface area contributed by atoms with Gasteiger partial charge in [0.2, 0.25) is 5.91 Å². The molecule has 0 saturated carbocycles. The predicted octanol–water partition coefficient (Wildman–Crippen LogP) is 1.61. The molecule has 2 rings (SSSR count). The van der Waals surface area contributed by atoms with E-state index in [1.165, 1.54) is 6.92 Å². The lowest BCUT2D eigenvalue weighted by Crippen LogP contribution is -2.41. The van der Waals surface area contributed by atoms with Gasteiger partial charge in [0.15, 0.2) is 0 Å². The maximum absolute atomic E-state index is 12.5. The zero-order chi connectivity index (χ0) is 16.7. The molecule has 2 amide bonds. The Morgan fingerprint density at radius 2 is 1.91 bits per heavy atom. The second-order valence-electron chi connectivity index (χ2n) is 5.76. The van der Waals surface area contributed by atoms with Crippen LogP contribution in [-0.4, -0.2) is 49.1 Å². The Balaban J connectivity index is 1.83. The molecule has 6 heteroatoms. The molecule has 0 aromatic heterocycles. The number of anilines is 1. The molecule has 1 aromatic carbocycles. The molecule has 23 heavy (non-hydrogen) atoms. The maximum Gasteiger partial charge on any atom is 0.253 e. The number of rotatable bonds is 6. The Labute approximate surface area is 137 Å². The first-order chi connectivity index (χ1) is 11.1. The molecule has 3 N–H and O–H groups in total. The summed E-state index contributed by atoms with van der Waals surface area (Å²) in [7, 11) is 0. The van der Waals surface area contributed by atoms with Crippen molar-refractivity contribution in [1.29, 1.82) is 0 Å². The van der Waals surface area contributed by atoms with Crippen molar-refractivity contribution in [2.24, 2.45) is 5.73 Å². The molecule has 126 valence electrons. The van der Waals surface area contributed by atoms with Crippen molar-refractivity contribution in [3.05, 3.63) is 29.8 Å². The molecule has 0 spiro atoms. The van der Waals surface area contributed by atoms with E-state index in [1.807, 2.05) is 4.90 Å². The molecule has 0 radical (unpaired) electrons. The van der Waals surface area contributed by atoms with E-state index in [0.717, 1.165) is 19.3 Å². The van der Waals surface area contributed by atoms with Crippen LogP contribution in [0.15, 0.2) is 24.3 Å². The van der Waals surface area contributed by atoms with Crippen LogP contribution in [0.1, 0.15) is 36.5 Å². The standard InChI is InChI=1S/C17H25N3O3/c1-13(21)19-15-5-3-14(4-6-15)17(22)20-10-7-16(8-11-20)23-12-2-9-18/h3-6,16H,2,7-12,18H2,1H3,(H,19,21). The number of likely N-dealkylation sites (tertiary alicyclic amines) is 1. The van der Waals surface area contributed by atoms with Crippen molar-refractivity contribution >= 4 is 17.5 Å². The normalized spacial score (nSPS) is 15.5. The molecule has 1 aliphatic heterocycles. The first kappa shape index (κ1) is 17.4. The monoisotopic (exact) mass is 319 g/mol. The molecule has 1 heterocycles. The van der Waals surface area contributed by atoms with Gasteiger partial charge in [-0.25, -0.2) is 0 Å². The number of carbonyl (C=O) groups excluding carboxylic acids is 2. The third kappa shape index (κ3) is 5.33. The van der Waals surface area contributed by atoms with E-state index in [2.05, 4.69) is 5.32 Å². The van der Waals surface area contributed by atoms with Crippen molar-refractivity contribution in [3.8, 4) is 0 Å². The second-order valence-corrected chi connectivity index (χ2v) is 5.76. The molecule has 1 saturated heterocycles. The minimum atomic E-state index is -0.124. The topological polar surface area (TPSA) is 84.7 Å². The number of piperidine rings is 1. The number of nitrogens with two attached hydrogens (primary N) is 1. The molecular formula is C17H25N3O3. The van der Waals surface area contributed by atoms with Crippen LogP contribution < -0.4 is 11.1 Å². The van der Waals surface area contributed by atoms with E-state index < -0.39 is 0 Å². The molecule has 0 aliphatic carbocycles. The lowest BCUT2D eigenvalue weighted by molar-refractivity contribution is -0.114. The highest BCUT2D eigenvalue weighted by molar-refractivity contribution is 5.95. The summed E-state index contributed by atoms with van der Waals surface area (Å²) >= 11 is 0. The molecule has 0 atom stereocenters. The van der Waals surface area contributed by atoms with Gasteiger partial charge in [0.05, 0.1) is 6.10 Å². The SMILES string of the molecule is CC(=O)Nc1ccc(C(=O)N2CCC(OCCCN)CC2)cc1. The van der Waals surface area contributed by atoms with Crippen molar-refractivity contribution in [2.75, 3.05) is 31.6 Å². The summed E-state index contributed by atoms with van der Waals surface area (Å²) in [6.45, 7) is 4.21. The molecule has 6 nitrogen and oxygen atoms in total. The van der Waals surface area contributed by atoms with Gasteiger partial charge in [0, 0.05) is 37.9 Å². The van der Waals surface area contributed by atoms with Crippen LogP contribution in [0.25, 0.3) is 0 Å². The van der Waals surface area contributed by atoms with E-state index in [0.29, 0.717) is 37.5 Å². The predicted molar refractivity (Wildman–Crippen MR) is 89.3 cm³/mol. The third-order valence-electron chi connectivity index (χ3n) is 3.88. The fourth-order valence-electron chi connectivity index (χ4n) is 2.64. The van der Waals surface area contributed by atoms with Crippen molar-refractivity contribution in [1.82, 2.24) is 4.90 Å². The highest BCUT2D eigenvalue weighted by atomic mass is 16.5. The number of hydrogen-bond donors (Lipinski definition) is 2. The number of carbonyl (C=O) groups is 2. The summed E-state index contributed by atoms with van der Waals surface area (Å²) in [5.74, 6) is -0.0967. The minimum absolute atomic E-state index is 0.0276. The molecule has 0 bridgehead atoms. The number of hydrogen-bond acceptors (Lipinski definition) is 4. The van der Waals surface area contributed by atoms with Crippen LogP contribution in [0.2, 0.25) is 0 Å². The lowest BCUT2D eigenvalue weighted by Gasteiger charge is -2.32. The molecule has 0 unspecified atom stereocenters. The smallest absolute Gasteiger partial charge is 0.253 e. The van der Waals surface area contributed by atoms with Crippen molar-refractivity contribution in [2.45, 2.75) is 32.3 Å². The van der Waals surface area contributed by atoms with Gasteiger partial charge in [-0.2, -0.15) is 0 Å². The first-order valence-corrected chi connectivity index (χ1v) is 8.08. The average Bonchev–Trinajstić information content (AvgIpc) is 2.55. The van der Waals surface area contributed by atoms with Gasteiger partial charge in [-0.3, -0.25) is 9.59 Å². The first-order valence-electron chi connectivity index (χ1n) is 8.08.